The quantitative estimate of drug-likeness (QED) is 0.589. The van der Waals surface area contributed by atoms with Crippen LogP contribution in [-0.4, -0.2) is 27.0 Å². The van der Waals surface area contributed by atoms with E-state index >= 15 is 0 Å². The molecule has 3 aromatic rings. The van der Waals surface area contributed by atoms with E-state index in [0.29, 0.717) is 22.6 Å². The number of cyclic esters (lactones) is 1. The maximum atomic E-state index is 12.9. The van der Waals surface area contributed by atoms with Crippen LogP contribution in [-0.2, 0) is 27.9 Å². The van der Waals surface area contributed by atoms with Crippen LogP contribution in [0.4, 0.5) is 23.7 Å². The number of nitrogens with zero attached hydrogens (tertiary/aromatic N) is 3. The van der Waals surface area contributed by atoms with Gasteiger partial charge in [0, 0.05) is 23.5 Å². The molecule has 1 unspecified atom stereocenters. The Labute approximate surface area is 185 Å². The van der Waals surface area contributed by atoms with Gasteiger partial charge in [0.05, 0.1) is 5.69 Å². The molecule has 4 rings (SSSR count). The van der Waals surface area contributed by atoms with Gasteiger partial charge in [0.2, 0.25) is 11.4 Å². The number of para-hydroxylation sites is 1. The number of ether oxygens (including phenoxy) is 2. The molecule has 1 atom stereocenters. The van der Waals surface area contributed by atoms with Gasteiger partial charge >= 0.3 is 12.3 Å². The highest BCUT2D eigenvalue weighted by atomic mass is 19.4. The Balaban J connectivity index is 1.42. The van der Waals surface area contributed by atoms with E-state index in [9.17, 15) is 22.8 Å². The number of rotatable bonds is 6. The Kier molecular flexibility index (Phi) is 5.62. The molecule has 11 heteroatoms. The van der Waals surface area contributed by atoms with Crippen molar-refractivity contribution in [1.82, 2.24) is 15.0 Å². The molecule has 0 radical (unpaired) electrons. The van der Waals surface area contributed by atoms with Gasteiger partial charge in [-0.3, -0.25) is 10.2 Å². The summed E-state index contributed by atoms with van der Waals surface area (Å²) in [5.41, 5.74) is 2.50. The van der Waals surface area contributed by atoms with Crippen molar-refractivity contribution in [3.05, 3.63) is 83.9 Å². The summed E-state index contributed by atoms with van der Waals surface area (Å²) in [6.07, 6.45) is -3.38. The van der Waals surface area contributed by atoms with Crippen molar-refractivity contribution in [3.63, 3.8) is 0 Å². The molecule has 1 aromatic heterocycles. The van der Waals surface area contributed by atoms with E-state index in [-0.39, 0.29) is 6.61 Å². The number of amides is 2. The van der Waals surface area contributed by atoms with E-state index < -0.39 is 29.6 Å². The van der Waals surface area contributed by atoms with Crippen LogP contribution in [0.25, 0.3) is 0 Å². The summed E-state index contributed by atoms with van der Waals surface area (Å²) in [6.45, 7) is 1.42. The van der Waals surface area contributed by atoms with E-state index in [0.717, 1.165) is 17.4 Å². The third kappa shape index (κ3) is 4.56. The summed E-state index contributed by atoms with van der Waals surface area (Å²) in [7, 11) is 0. The number of hydrazine groups is 1. The lowest BCUT2D eigenvalue weighted by atomic mass is 9.95. The lowest BCUT2D eigenvalue weighted by molar-refractivity contribution is -0.145. The number of hydrogen-bond donors (Lipinski definition) is 1. The molecular formula is C22H17F3N4O4. The number of nitrogens with one attached hydrogen (secondary N) is 1. The molecule has 1 fully saturated rings. The molecule has 0 spiro atoms. The number of benzene rings is 2. The molecular weight excluding hydrogens is 441 g/mol. The highest BCUT2D eigenvalue weighted by Crippen LogP contribution is 2.35. The lowest BCUT2D eigenvalue weighted by Crippen LogP contribution is -2.40. The zero-order chi connectivity index (χ0) is 23.6. The highest BCUT2D eigenvalue weighted by Gasteiger charge is 2.52. The van der Waals surface area contributed by atoms with Gasteiger partial charge in [-0.1, -0.05) is 30.3 Å². The molecule has 2 heterocycles. The fourth-order valence-electron chi connectivity index (χ4n) is 3.09. The SMILES string of the molecule is CC1(c2ccc(OCc3cnc(C(F)(F)F)nc3)cc2)OC(=O)N(Nc2ccccc2)C1=O. The number of halogens is 3. The molecule has 0 bridgehead atoms. The normalized spacial score (nSPS) is 18.2. The van der Waals surface area contributed by atoms with Crippen LogP contribution >= 0.6 is 0 Å². The molecule has 0 aliphatic carbocycles. The van der Waals surface area contributed by atoms with Crippen LogP contribution in [0.5, 0.6) is 5.75 Å². The minimum absolute atomic E-state index is 0.0581. The van der Waals surface area contributed by atoms with Crippen LogP contribution in [0.1, 0.15) is 23.9 Å². The fraction of sp³-hybridized carbons (Fsp3) is 0.182. The van der Waals surface area contributed by atoms with Gasteiger partial charge in [0.1, 0.15) is 12.4 Å². The molecule has 2 amide bonds. The van der Waals surface area contributed by atoms with Crippen LogP contribution in [0.3, 0.4) is 0 Å². The van der Waals surface area contributed by atoms with Gasteiger partial charge in [-0.15, -0.1) is 5.01 Å². The third-order valence-electron chi connectivity index (χ3n) is 4.87. The third-order valence-corrected chi connectivity index (χ3v) is 4.87. The van der Waals surface area contributed by atoms with Crippen LogP contribution in [0, 0.1) is 0 Å². The average molecular weight is 458 g/mol. The van der Waals surface area contributed by atoms with E-state index in [4.69, 9.17) is 9.47 Å². The van der Waals surface area contributed by atoms with Crippen LogP contribution in [0.2, 0.25) is 0 Å². The molecule has 1 saturated heterocycles. The van der Waals surface area contributed by atoms with Gasteiger partial charge < -0.3 is 9.47 Å². The Morgan fingerprint density at radius 3 is 2.27 bits per heavy atom. The van der Waals surface area contributed by atoms with Crippen LogP contribution < -0.4 is 10.2 Å². The number of hydrogen-bond acceptors (Lipinski definition) is 7. The van der Waals surface area contributed by atoms with Crippen molar-refractivity contribution in [3.8, 4) is 5.75 Å². The van der Waals surface area contributed by atoms with Crippen molar-refractivity contribution < 1.29 is 32.2 Å². The molecule has 170 valence electrons. The largest absolute Gasteiger partial charge is 0.489 e. The highest BCUT2D eigenvalue weighted by molar-refractivity contribution is 6.04. The second-order valence-corrected chi connectivity index (χ2v) is 7.25. The van der Waals surface area contributed by atoms with Gasteiger partial charge in [-0.25, -0.2) is 14.8 Å². The maximum Gasteiger partial charge on any atom is 0.451 e. The van der Waals surface area contributed by atoms with Crippen LogP contribution in [0.15, 0.2) is 67.0 Å². The van der Waals surface area contributed by atoms with Gasteiger partial charge in [0.15, 0.2) is 0 Å². The minimum Gasteiger partial charge on any atom is -0.489 e. The maximum absolute atomic E-state index is 12.9. The Bertz CT molecular complexity index is 1160. The van der Waals surface area contributed by atoms with E-state index in [1.807, 2.05) is 0 Å². The van der Waals surface area contributed by atoms with Crippen molar-refractivity contribution in [2.24, 2.45) is 0 Å². The summed E-state index contributed by atoms with van der Waals surface area (Å²) >= 11 is 0. The number of anilines is 1. The summed E-state index contributed by atoms with van der Waals surface area (Å²) in [5, 5.41) is 0.810. The number of carbonyl (C=O) groups excluding carboxylic acids is 2. The summed E-state index contributed by atoms with van der Waals surface area (Å²) in [6, 6.07) is 14.9. The zero-order valence-corrected chi connectivity index (χ0v) is 17.2. The molecule has 1 aliphatic heterocycles. The number of alkyl halides is 3. The Morgan fingerprint density at radius 1 is 1.03 bits per heavy atom. The minimum atomic E-state index is -4.61. The first-order chi connectivity index (χ1) is 15.7. The zero-order valence-electron chi connectivity index (χ0n) is 17.2. The smallest absolute Gasteiger partial charge is 0.451 e. The molecule has 8 nitrogen and oxygen atoms in total. The number of carbonyl (C=O) groups is 2. The summed E-state index contributed by atoms with van der Waals surface area (Å²) in [4.78, 5) is 31.8. The Hall–Kier alpha value is -4.15. The number of aromatic nitrogens is 2. The summed E-state index contributed by atoms with van der Waals surface area (Å²) in [5.74, 6) is -1.43. The second kappa shape index (κ2) is 8.41. The van der Waals surface area contributed by atoms with Gasteiger partial charge in [-0.05, 0) is 31.2 Å². The molecule has 1 N–H and O–H groups in total. The Morgan fingerprint density at radius 2 is 1.67 bits per heavy atom. The van der Waals surface area contributed by atoms with Crippen molar-refractivity contribution >= 4 is 17.7 Å². The predicted octanol–water partition coefficient (Wildman–Crippen LogP) is 4.30. The number of imide groups is 1. The van der Waals surface area contributed by atoms with E-state index in [1.54, 1.807) is 54.6 Å². The average Bonchev–Trinajstić information content (AvgIpc) is 3.02. The molecule has 0 saturated carbocycles. The standard InChI is InChI=1S/C22H17F3N4O4/c1-21(19(30)29(20(31)33-21)28-16-5-3-2-4-6-16)15-7-9-17(10-8-15)32-13-14-11-26-18(27-12-14)22(23,24)25/h2-12,28H,13H2,1H3. The first-order valence-corrected chi connectivity index (χ1v) is 9.67. The van der Waals surface area contributed by atoms with Crippen molar-refractivity contribution in [1.29, 1.82) is 0 Å². The molecule has 1 aliphatic rings. The predicted molar refractivity (Wildman–Crippen MR) is 109 cm³/mol. The van der Waals surface area contributed by atoms with Gasteiger partial charge in [-0.2, -0.15) is 13.2 Å². The fourth-order valence-corrected chi connectivity index (χ4v) is 3.09. The monoisotopic (exact) mass is 458 g/mol. The second-order valence-electron chi connectivity index (χ2n) is 7.25. The van der Waals surface area contributed by atoms with Gasteiger partial charge in [0.25, 0.3) is 5.91 Å². The molecule has 2 aromatic carbocycles. The molecule has 33 heavy (non-hydrogen) atoms. The summed E-state index contributed by atoms with van der Waals surface area (Å²) < 4.78 is 48.5. The van der Waals surface area contributed by atoms with Crippen molar-refractivity contribution in [2.45, 2.75) is 25.3 Å². The van der Waals surface area contributed by atoms with E-state index in [2.05, 4.69) is 15.4 Å². The first kappa shape index (κ1) is 22.1. The lowest BCUT2D eigenvalue weighted by Gasteiger charge is -2.21. The van der Waals surface area contributed by atoms with E-state index in [1.165, 1.54) is 6.92 Å². The van der Waals surface area contributed by atoms with Crippen molar-refractivity contribution in [2.75, 3.05) is 5.43 Å². The first-order valence-electron chi connectivity index (χ1n) is 9.67. The topological polar surface area (TPSA) is 93.7 Å².